The lowest BCUT2D eigenvalue weighted by Crippen LogP contribution is -2.00. The number of aryl methyl sites for hydroxylation is 1. The number of aromatic nitrogens is 2. The summed E-state index contributed by atoms with van der Waals surface area (Å²) in [5, 5.41) is 10.6. The maximum Gasteiger partial charge on any atom is 0.315 e. The Morgan fingerprint density at radius 1 is 1.46 bits per heavy atom. The second kappa shape index (κ2) is 4.64. The molecule has 0 fully saturated rings. The van der Waals surface area contributed by atoms with Crippen LogP contribution in [0, 0.1) is 6.92 Å². The summed E-state index contributed by atoms with van der Waals surface area (Å²) >= 11 is 0. The standard InChI is InChI=1S/C9H15N3O/c1-7(2)5-4-6-10-9-12-11-8(3)13-9/h5H,4,6H2,1-3H3,(H,10,12). The lowest BCUT2D eigenvalue weighted by atomic mass is 10.3. The third-order valence-electron chi connectivity index (χ3n) is 1.50. The molecule has 0 saturated heterocycles. The summed E-state index contributed by atoms with van der Waals surface area (Å²) in [4.78, 5) is 0. The van der Waals surface area contributed by atoms with E-state index in [9.17, 15) is 0 Å². The smallest absolute Gasteiger partial charge is 0.315 e. The van der Waals surface area contributed by atoms with E-state index >= 15 is 0 Å². The topological polar surface area (TPSA) is 51.0 Å². The molecule has 1 aromatic rings. The van der Waals surface area contributed by atoms with Crippen molar-refractivity contribution in [2.24, 2.45) is 0 Å². The molecular weight excluding hydrogens is 166 g/mol. The van der Waals surface area contributed by atoms with Crippen molar-refractivity contribution in [2.75, 3.05) is 11.9 Å². The lowest BCUT2D eigenvalue weighted by Gasteiger charge is -1.96. The Balaban J connectivity index is 2.24. The predicted octanol–water partition coefficient (Wildman–Crippen LogP) is 2.15. The van der Waals surface area contributed by atoms with Gasteiger partial charge in [-0.3, -0.25) is 0 Å². The lowest BCUT2D eigenvalue weighted by molar-refractivity contribution is 0.531. The molecule has 0 unspecified atom stereocenters. The summed E-state index contributed by atoms with van der Waals surface area (Å²) in [6.07, 6.45) is 3.14. The first-order valence-electron chi connectivity index (χ1n) is 4.36. The van der Waals surface area contributed by atoms with Crippen molar-refractivity contribution in [1.82, 2.24) is 10.2 Å². The van der Waals surface area contributed by atoms with Gasteiger partial charge < -0.3 is 9.73 Å². The van der Waals surface area contributed by atoms with Crippen LogP contribution in [0.5, 0.6) is 0 Å². The molecule has 1 rings (SSSR count). The molecule has 0 amide bonds. The van der Waals surface area contributed by atoms with E-state index in [1.54, 1.807) is 6.92 Å². The highest BCUT2D eigenvalue weighted by molar-refractivity contribution is 5.16. The molecule has 0 aliphatic heterocycles. The number of allylic oxidation sites excluding steroid dienone is 1. The summed E-state index contributed by atoms with van der Waals surface area (Å²) in [5.74, 6) is 0.588. The molecule has 72 valence electrons. The fourth-order valence-corrected chi connectivity index (χ4v) is 0.908. The van der Waals surface area contributed by atoms with E-state index < -0.39 is 0 Å². The van der Waals surface area contributed by atoms with E-state index in [1.807, 2.05) is 0 Å². The van der Waals surface area contributed by atoms with E-state index in [0.717, 1.165) is 13.0 Å². The fraction of sp³-hybridized carbons (Fsp3) is 0.556. The highest BCUT2D eigenvalue weighted by Gasteiger charge is 1.98. The molecule has 0 atom stereocenters. The van der Waals surface area contributed by atoms with Crippen LogP contribution in [0.2, 0.25) is 0 Å². The van der Waals surface area contributed by atoms with Crippen molar-refractivity contribution in [1.29, 1.82) is 0 Å². The van der Waals surface area contributed by atoms with Gasteiger partial charge in [0, 0.05) is 13.5 Å². The summed E-state index contributed by atoms with van der Waals surface area (Å²) in [6.45, 7) is 6.76. The zero-order chi connectivity index (χ0) is 9.68. The minimum Gasteiger partial charge on any atom is -0.408 e. The van der Waals surface area contributed by atoms with Crippen molar-refractivity contribution < 1.29 is 4.42 Å². The van der Waals surface area contributed by atoms with Gasteiger partial charge in [-0.05, 0) is 20.3 Å². The van der Waals surface area contributed by atoms with Crippen LogP contribution in [-0.2, 0) is 0 Å². The van der Waals surface area contributed by atoms with Gasteiger partial charge in [0.1, 0.15) is 0 Å². The molecule has 1 heterocycles. The Kier molecular flexibility index (Phi) is 3.49. The first kappa shape index (κ1) is 9.77. The van der Waals surface area contributed by atoms with Gasteiger partial charge >= 0.3 is 6.01 Å². The van der Waals surface area contributed by atoms with Gasteiger partial charge in [-0.15, -0.1) is 5.10 Å². The minimum atomic E-state index is 0.500. The molecule has 4 heteroatoms. The first-order chi connectivity index (χ1) is 6.18. The fourth-order valence-electron chi connectivity index (χ4n) is 0.908. The molecule has 13 heavy (non-hydrogen) atoms. The van der Waals surface area contributed by atoms with Crippen molar-refractivity contribution in [2.45, 2.75) is 27.2 Å². The Hall–Kier alpha value is -1.32. The molecule has 0 saturated carbocycles. The Morgan fingerprint density at radius 3 is 2.77 bits per heavy atom. The molecule has 4 nitrogen and oxygen atoms in total. The third kappa shape index (κ3) is 3.73. The molecule has 1 N–H and O–H groups in total. The highest BCUT2D eigenvalue weighted by Crippen LogP contribution is 2.03. The van der Waals surface area contributed by atoms with Gasteiger partial charge in [0.25, 0.3) is 0 Å². The largest absolute Gasteiger partial charge is 0.408 e. The third-order valence-corrected chi connectivity index (χ3v) is 1.50. The number of anilines is 1. The molecule has 1 aromatic heterocycles. The zero-order valence-electron chi connectivity index (χ0n) is 8.29. The van der Waals surface area contributed by atoms with E-state index in [4.69, 9.17) is 4.42 Å². The maximum absolute atomic E-state index is 5.14. The minimum absolute atomic E-state index is 0.500. The molecule has 0 bridgehead atoms. The van der Waals surface area contributed by atoms with E-state index in [-0.39, 0.29) is 0 Å². The van der Waals surface area contributed by atoms with Crippen LogP contribution in [-0.4, -0.2) is 16.7 Å². The zero-order valence-corrected chi connectivity index (χ0v) is 8.29. The molecule has 0 spiro atoms. The molecule has 0 radical (unpaired) electrons. The van der Waals surface area contributed by atoms with E-state index in [2.05, 4.69) is 35.4 Å². The van der Waals surface area contributed by atoms with Crippen molar-refractivity contribution in [3.8, 4) is 0 Å². The summed E-state index contributed by atoms with van der Waals surface area (Å²) in [6, 6.07) is 0.500. The number of hydrogen-bond donors (Lipinski definition) is 1. The van der Waals surface area contributed by atoms with E-state index in [0.29, 0.717) is 11.9 Å². The van der Waals surface area contributed by atoms with Gasteiger partial charge in [-0.2, -0.15) is 0 Å². The molecule has 0 aromatic carbocycles. The normalized spacial score (nSPS) is 9.77. The number of rotatable bonds is 4. The first-order valence-corrected chi connectivity index (χ1v) is 4.36. The van der Waals surface area contributed by atoms with Gasteiger partial charge in [-0.25, -0.2) is 0 Å². The Morgan fingerprint density at radius 2 is 2.23 bits per heavy atom. The maximum atomic E-state index is 5.14. The summed E-state index contributed by atoms with van der Waals surface area (Å²) < 4.78 is 5.14. The molecular formula is C9H15N3O. The Bertz CT molecular complexity index is 287. The summed E-state index contributed by atoms with van der Waals surface area (Å²) in [7, 11) is 0. The van der Waals surface area contributed by atoms with Gasteiger partial charge in [0.15, 0.2) is 0 Å². The van der Waals surface area contributed by atoms with Gasteiger partial charge in [0.05, 0.1) is 0 Å². The van der Waals surface area contributed by atoms with Crippen molar-refractivity contribution in [3.63, 3.8) is 0 Å². The molecule has 0 aliphatic rings. The van der Waals surface area contributed by atoms with Crippen molar-refractivity contribution >= 4 is 6.01 Å². The quantitative estimate of drug-likeness (QED) is 0.571. The second-order valence-corrected chi connectivity index (χ2v) is 3.12. The average Bonchev–Trinajstić information content (AvgIpc) is 2.45. The van der Waals surface area contributed by atoms with Crippen LogP contribution in [0.3, 0.4) is 0 Å². The van der Waals surface area contributed by atoms with E-state index in [1.165, 1.54) is 5.57 Å². The summed E-state index contributed by atoms with van der Waals surface area (Å²) in [5.41, 5.74) is 1.32. The van der Waals surface area contributed by atoms with Crippen LogP contribution < -0.4 is 5.32 Å². The predicted molar refractivity (Wildman–Crippen MR) is 51.6 cm³/mol. The molecule has 0 aliphatic carbocycles. The number of nitrogens with one attached hydrogen (secondary N) is 1. The van der Waals surface area contributed by atoms with Crippen LogP contribution in [0.25, 0.3) is 0 Å². The van der Waals surface area contributed by atoms with Gasteiger partial charge in [-0.1, -0.05) is 16.7 Å². The van der Waals surface area contributed by atoms with Crippen LogP contribution >= 0.6 is 0 Å². The Labute approximate surface area is 78.0 Å². The number of hydrogen-bond acceptors (Lipinski definition) is 4. The van der Waals surface area contributed by atoms with Crippen molar-refractivity contribution in [3.05, 3.63) is 17.5 Å². The average molecular weight is 181 g/mol. The second-order valence-electron chi connectivity index (χ2n) is 3.12. The van der Waals surface area contributed by atoms with Crippen LogP contribution in [0.4, 0.5) is 6.01 Å². The number of nitrogens with zero attached hydrogens (tertiary/aromatic N) is 2. The van der Waals surface area contributed by atoms with Gasteiger partial charge in [0.2, 0.25) is 5.89 Å². The van der Waals surface area contributed by atoms with Crippen LogP contribution in [0.15, 0.2) is 16.1 Å². The van der Waals surface area contributed by atoms with Crippen LogP contribution in [0.1, 0.15) is 26.2 Å². The highest BCUT2D eigenvalue weighted by atomic mass is 16.4. The SMILES string of the molecule is CC(C)=CCCNc1nnc(C)o1. The monoisotopic (exact) mass is 181 g/mol.